The van der Waals surface area contributed by atoms with Gasteiger partial charge in [-0.05, 0) is 31.2 Å². The lowest BCUT2D eigenvalue weighted by atomic mass is 9.92. The van der Waals surface area contributed by atoms with E-state index in [1.165, 1.54) is 19.3 Å². The summed E-state index contributed by atoms with van der Waals surface area (Å²) < 4.78 is 0. The van der Waals surface area contributed by atoms with Crippen molar-refractivity contribution in [1.29, 1.82) is 0 Å². The minimum atomic E-state index is -0.0498. The van der Waals surface area contributed by atoms with Gasteiger partial charge in [0.25, 0.3) is 0 Å². The van der Waals surface area contributed by atoms with Crippen molar-refractivity contribution in [3.63, 3.8) is 0 Å². The van der Waals surface area contributed by atoms with Crippen molar-refractivity contribution < 1.29 is 5.11 Å². The highest BCUT2D eigenvalue weighted by atomic mass is 35.5. The molecule has 1 aliphatic carbocycles. The first-order valence-electron chi connectivity index (χ1n) is 3.72. The topological polar surface area (TPSA) is 32.3 Å². The molecule has 0 radical (unpaired) electrons. The molecule has 0 aromatic rings. The van der Waals surface area contributed by atoms with Gasteiger partial charge in [-0.2, -0.15) is 0 Å². The molecule has 2 N–H and O–H groups in total. The Kier molecular flexibility index (Phi) is 2.23. The molecular weight excluding hydrogens is 150 g/mol. The van der Waals surface area contributed by atoms with E-state index in [-0.39, 0.29) is 18.5 Å². The zero-order chi connectivity index (χ0) is 6.32. The number of hydrogen-bond donors (Lipinski definition) is 2. The Hall–Kier alpha value is 0.210. The van der Waals surface area contributed by atoms with Crippen LogP contribution in [0.5, 0.6) is 0 Å². The molecule has 0 bridgehead atoms. The van der Waals surface area contributed by atoms with Gasteiger partial charge in [0, 0.05) is 6.54 Å². The van der Waals surface area contributed by atoms with E-state index in [1.807, 2.05) is 0 Å². The Morgan fingerprint density at radius 3 is 2.40 bits per heavy atom. The van der Waals surface area contributed by atoms with Crippen LogP contribution in [0.3, 0.4) is 0 Å². The summed E-state index contributed by atoms with van der Waals surface area (Å²) >= 11 is 0. The van der Waals surface area contributed by atoms with Gasteiger partial charge in [0.1, 0.15) is 0 Å². The van der Waals surface area contributed by atoms with Gasteiger partial charge < -0.3 is 10.4 Å². The van der Waals surface area contributed by atoms with Gasteiger partial charge in [0.2, 0.25) is 0 Å². The molecule has 10 heavy (non-hydrogen) atoms. The summed E-state index contributed by atoms with van der Waals surface area (Å²) in [4.78, 5) is 0. The summed E-state index contributed by atoms with van der Waals surface area (Å²) in [5.41, 5.74) is 0.380. The molecule has 0 aromatic heterocycles. The summed E-state index contributed by atoms with van der Waals surface area (Å²) in [5.74, 6) is 0. The standard InChI is InChI=1S/C7H13NO.ClH/c9-6-5-8-4-3-7(6)1-2-7;/h6,8-9H,1-5H2;1H/t6-;/m1./s1. The average molecular weight is 164 g/mol. The first-order valence-corrected chi connectivity index (χ1v) is 3.72. The van der Waals surface area contributed by atoms with Gasteiger partial charge in [-0.25, -0.2) is 0 Å². The van der Waals surface area contributed by atoms with Gasteiger partial charge in [-0.1, -0.05) is 0 Å². The van der Waals surface area contributed by atoms with Crippen molar-refractivity contribution in [2.75, 3.05) is 13.1 Å². The average Bonchev–Trinajstić information content (AvgIpc) is 2.60. The third-order valence-electron chi connectivity index (χ3n) is 2.74. The number of hydrogen-bond acceptors (Lipinski definition) is 2. The number of halogens is 1. The van der Waals surface area contributed by atoms with Crippen molar-refractivity contribution in [1.82, 2.24) is 5.32 Å². The molecule has 1 aliphatic heterocycles. The summed E-state index contributed by atoms with van der Waals surface area (Å²) in [6, 6.07) is 0. The predicted molar refractivity (Wildman–Crippen MR) is 42.4 cm³/mol. The predicted octanol–water partition coefficient (Wildman–Crippen LogP) is 0.543. The molecule has 1 spiro atoms. The molecule has 1 atom stereocenters. The fraction of sp³-hybridized carbons (Fsp3) is 1.00. The Labute approximate surface area is 67.4 Å². The van der Waals surface area contributed by atoms with Crippen molar-refractivity contribution in [2.24, 2.45) is 5.41 Å². The largest absolute Gasteiger partial charge is 0.391 e. The highest BCUT2D eigenvalue weighted by molar-refractivity contribution is 5.85. The molecule has 2 rings (SSSR count). The van der Waals surface area contributed by atoms with Crippen LogP contribution in [0.25, 0.3) is 0 Å². The smallest absolute Gasteiger partial charge is 0.0721 e. The van der Waals surface area contributed by atoms with Gasteiger partial charge in [-0.3, -0.25) is 0 Å². The maximum Gasteiger partial charge on any atom is 0.0721 e. The number of β-amino-alcohol motifs (C(OH)–C–C–N with tert-alkyl or cyclic N) is 1. The van der Waals surface area contributed by atoms with E-state index in [9.17, 15) is 5.11 Å². The number of rotatable bonds is 0. The van der Waals surface area contributed by atoms with Crippen LogP contribution in [0.4, 0.5) is 0 Å². The molecule has 0 unspecified atom stereocenters. The molecule has 1 heterocycles. The number of aliphatic hydroxyl groups is 1. The minimum absolute atomic E-state index is 0. The van der Waals surface area contributed by atoms with E-state index in [4.69, 9.17) is 0 Å². The fourth-order valence-corrected chi connectivity index (χ4v) is 1.70. The fourth-order valence-electron chi connectivity index (χ4n) is 1.70. The zero-order valence-corrected chi connectivity index (χ0v) is 6.78. The van der Waals surface area contributed by atoms with Crippen LogP contribution < -0.4 is 5.32 Å². The van der Waals surface area contributed by atoms with E-state index in [0.717, 1.165) is 13.1 Å². The quantitative estimate of drug-likeness (QED) is 0.547. The lowest BCUT2D eigenvalue weighted by Crippen LogP contribution is -2.41. The Morgan fingerprint density at radius 1 is 1.30 bits per heavy atom. The van der Waals surface area contributed by atoms with Crippen molar-refractivity contribution in [3.05, 3.63) is 0 Å². The van der Waals surface area contributed by atoms with Crippen molar-refractivity contribution >= 4 is 12.4 Å². The molecule has 2 nitrogen and oxygen atoms in total. The monoisotopic (exact) mass is 163 g/mol. The maximum absolute atomic E-state index is 9.44. The van der Waals surface area contributed by atoms with Crippen LogP contribution in [0, 0.1) is 5.41 Å². The van der Waals surface area contributed by atoms with Gasteiger partial charge in [0.15, 0.2) is 0 Å². The van der Waals surface area contributed by atoms with Crippen LogP contribution in [0.2, 0.25) is 0 Å². The summed E-state index contributed by atoms with van der Waals surface area (Å²) in [6.07, 6.45) is 3.66. The van der Waals surface area contributed by atoms with Crippen LogP contribution in [0.1, 0.15) is 19.3 Å². The number of piperidine rings is 1. The molecule has 0 aromatic carbocycles. The lowest BCUT2D eigenvalue weighted by Gasteiger charge is -2.27. The van der Waals surface area contributed by atoms with E-state index < -0.39 is 0 Å². The van der Waals surface area contributed by atoms with E-state index >= 15 is 0 Å². The molecule has 3 heteroatoms. The third-order valence-corrected chi connectivity index (χ3v) is 2.74. The van der Waals surface area contributed by atoms with Gasteiger partial charge in [0.05, 0.1) is 6.10 Å². The summed E-state index contributed by atoms with van der Waals surface area (Å²) in [6.45, 7) is 1.93. The Bertz CT molecular complexity index is 125. The molecule has 2 aliphatic rings. The molecular formula is C7H14ClNO. The highest BCUT2D eigenvalue weighted by Crippen LogP contribution is 2.52. The summed E-state index contributed by atoms with van der Waals surface area (Å²) in [5, 5.41) is 12.6. The first-order chi connectivity index (χ1) is 4.33. The van der Waals surface area contributed by atoms with Crippen molar-refractivity contribution in [3.8, 4) is 0 Å². The van der Waals surface area contributed by atoms with Gasteiger partial charge in [-0.15, -0.1) is 12.4 Å². The van der Waals surface area contributed by atoms with Gasteiger partial charge >= 0.3 is 0 Å². The molecule has 1 saturated carbocycles. The molecule has 1 saturated heterocycles. The second kappa shape index (κ2) is 2.68. The zero-order valence-electron chi connectivity index (χ0n) is 5.97. The second-order valence-electron chi connectivity index (χ2n) is 3.33. The normalized spacial score (nSPS) is 35.1. The van der Waals surface area contributed by atoms with Crippen LogP contribution in [-0.2, 0) is 0 Å². The Balaban J connectivity index is 0.000000500. The van der Waals surface area contributed by atoms with Crippen LogP contribution in [-0.4, -0.2) is 24.3 Å². The Morgan fingerprint density at radius 2 is 2.00 bits per heavy atom. The molecule has 0 amide bonds. The first kappa shape index (κ1) is 8.31. The minimum Gasteiger partial charge on any atom is -0.391 e. The maximum atomic E-state index is 9.44. The van der Waals surface area contributed by atoms with E-state index in [2.05, 4.69) is 5.32 Å². The summed E-state index contributed by atoms with van der Waals surface area (Å²) in [7, 11) is 0. The molecule has 60 valence electrons. The van der Waals surface area contributed by atoms with E-state index in [0.29, 0.717) is 5.41 Å². The highest BCUT2D eigenvalue weighted by Gasteiger charge is 2.49. The lowest BCUT2D eigenvalue weighted by molar-refractivity contribution is 0.0667. The van der Waals surface area contributed by atoms with Crippen LogP contribution >= 0.6 is 12.4 Å². The number of aliphatic hydroxyl groups excluding tert-OH is 1. The van der Waals surface area contributed by atoms with Crippen molar-refractivity contribution in [2.45, 2.75) is 25.4 Å². The van der Waals surface area contributed by atoms with E-state index in [1.54, 1.807) is 0 Å². The number of nitrogens with one attached hydrogen (secondary N) is 1. The SMILES string of the molecule is Cl.O[C@@H]1CNCCC12CC2. The van der Waals surface area contributed by atoms with Crippen LogP contribution in [0.15, 0.2) is 0 Å². The molecule has 2 fully saturated rings. The second-order valence-corrected chi connectivity index (χ2v) is 3.33. The third kappa shape index (κ3) is 1.16.